The largest absolute Gasteiger partial charge is 0.486 e. The Balaban J connectivity index is 2.08. The first-order chi connectivity index (χ1) is 7.19. The molecule has 1 fully saturated rings. The minimum absolute atomic E-state index is 0.548. The average Bonchev–Trinajstić information content (AvgIpc) is 2.96. The molecule has 80 valence electrons. The van der Waals surface area contributed by atoms with E-state index < -0.39 is 5.60 Å². The Bertz CT molecular complexity index is 413. The fourth-order valence-electron chi connectivity index (χ4n) is 1.81. The van der Waals surface area contributed by atoms with Crippen LogP contribution in [0.1, 0.15) is 18.4 Å². The van der Waals surface area contributed by atoms with Crippen LogP contribution in [0.25, 0.3) is 0 Å². The number of fused-ring (bicyclic) bond motifs is 1. The molecule has 0 saturated heterocycles. The maximum atomic E-state index is 10.0. The number of halogens is 1. The van der Waals surface area contributed by atoms with E-state index in [9.17, 15) is 5.11 Å². The Morgan fingerprint density at radius 2 is 1.73 bits per heavy atom. The molecule has 1 aromatic carbocycles. The Hall–Kier alpha value is -0.930. The van der Waals surface area contributed by atoms with Crippen molar-refractivity contribution < 1.29 is 14.6 Å². The van der Waals surface area contributed by atoms with E-state index in [0.717, 1.165) is 18.4 Å². The van der Waals surface area contributed by atoms with E-state index in [2.05, 4.69) is 0 Å². The van der Waals surface area contributed by atoms with Gasteiger partial charge in [-0.1, -0.05) is 11.6 Å². The van der Waals surface area contributed by atoms with Crippen LogP contribution in [0.5, 0.6) is 11.5 Å². The number of rotatable bonds is 1. The van der Waals surface area contributed by atoms with E-state index in [1.807, 2.05) is 0 Å². The standard InChI is InChI=1S/C11H11ClO3/c12-8-6-10-9(14-3-4-15-10)5-7(8)11(13)1-2-11/h5-6,13H,1-4H2. The van der Waals surface area contributed by atoms with Gasteiger partial charge in [0.25, 0.3) is 0 Å². The fourth-order valence-corrected chi connectivity index (χ4v) is 2.14. The summed E-state index contributed by atoms with van der Waals surface area (Å²) in [4.78, 5) is 0. The lowest BCUT2D eigenvalue weighted by molar-refractivity contribution is 0.147. The van der Waals surface area contributed by atoms with Gasteiger partial charge >= 0.3 is 0 Å². The Labute approximate surface area is 92.6 Å². The van der Waals surface area contributed by atoms with Gasteiger partial charge in [0.2, 0.25) is 0 Å². The van der Waals surface area contributed by atoms with Crippen LogP contribution in [-0.2, 0) is 5.60 Å². The molecular formula is C11H11ClO3. The molecular weight excluding hydrogens is 216 g/mol. The molecule has 0 atom stereocenters. The van der Waals surface area contributed by atoms with E-state index in [1.54, 1.807) is 12.1 Å². The summed E-state index contributed by atoms with van der Waals surface area (Å²) in [6, 6.07) is 3.52. The maximum Gasteiger partial charge on any atom is 0.162 e. The minimum atomic E-state index is -0.729. The maximum absolute atomic E-state index is 10.0. The van der Waals surface area contributed by atoms with E-state index in [4.69, 9.17) is 21.1 Å². The molecule has 0 spiro atoms. The molecule has 2 aliphatic rings. The molecule has 4 heteroatoms. The van der Waals surface area contributed by atoms with Crippen molar-refractivity contribution in [1.82, 2.24) is 0 Å². The molecule has 1 heterocycles. The van der Waals surface area contributed by atoms with E-state index >= 15 is 0 Å². The van der Waals surface area contributed by atoms with Gasteiger partial charge in [-0.05, 0) is 18.9 Å². The molecule has 1 saturated carbocycles. The highest BCUT2D eigenvalue weighted by molar-refractivity contribution is 6.31. The third kappa shape index (κ3) is 1.46. The van der Waals surface area contributed by atoms with Crippen molar-refractivity contribution in [2.45, 2.75) is 18.4 Å². The molecule has 0 radical (unpaired) electrons. The van der Waals surface area contributed by atoms with Gasteiger partial charge in [0, 0.05) is 11.6 Å². The first kappa shape index (κ1) is 9.31. The van der Waals surface area contributed by atoms with Gasteiger partial charge in [-0.2, -0.15) is 0 Å². The lowest BCUT2D eigenvalue weighted by Gasteiger charge is -2.21. The van der Waals surface area contributed by atoms with E-state index in [1.165, 1.54) is 0 Å². The molecule has 1 aliphatic heterocycles. The molecule has 0 bridgehead atoms. The SMILES string of the molecule is OC1(c2cc3c(cc2Cl)OCCO3)CC1. The van der Waals surface area contributed by atoms with Crippen LogP contribution in [0.4, 0.5) is 0 Å². The third-order valence-electron chi connectivity index (χ3n) is 2.86. The summed E-state index contributed by atoms with van der Waals surface area (Å²) < 4.78 is 10.8. The van der Waals surface area contributed by atoms with Crippen LogP contribution < -0.4 is 9.47 Å². The van der Waals surface area contributed by atoms with E-state index in [0.29, 0.717) is 29.7 Å². The molecule has 0 aromatic heterocycles. The van der Waals surface area contributed by atoms with E-state index in [-0.39, 0.29) is 0 Å². The van der Waals surface area contributed by atoms with Crippen LogP contribution in [0, 0.1) is 0 Å². The van der Waals surface area contributed by atoms with Gasteiger partial charge in [-0.3, -0.25) is 0 Å². The second kappa shape index (κ2) is 3.03. The van der Waals surface area contributed by atoms with Gasteiger partial charge < -0.3 is 14.6 Å². The van der Waals surface area contributed by atoms with Gasteiger partial charge in [-0.15, -0.1) is 0 Å². The van der Waals surface area contributed by atoms with Gasteiger partial charge in [0.1, 0.15) is 13.2 Å². The summed E-state index contributed by atoms with van der Waals surface area (Å²) in [5.41, 5.74) is 0.0285. The van der Waals surface area contributed by atoms with Crippen molar-refractivity contribution in [3.8, 4) is 11.5 Å². The van der Waals surface area contributed by atoms with Crippen LogP contribution in [-0.4, -0.2) is 18.3 Å². The van der Waals surface area contributed by atoms with Crippen molar-refractivity contribution >= 4 is 11.6 Å². The monoisotopic (exact) mass is 226 g/mol. The highest BCUT2D eigenvalue weighted by atomic mass is 35.5. The molecule has 1 N–H and O–H groups in total. The zero-order chi connectivity index (χ0) is 10.5. The Kier molecular flexibility index (Phi) is 1.88. The highest BCUT2D eigenvalue weighted by Gasteiger charge is 2.44. The predicted molar refractivity (Wildman–Crippen MR) is 55.6 cm³/mol. The van der Waals surface area contributed by atoms with Crippen molar-refractivity contribution in [3.63, 3.8) is 0 Å². The van der Waals surface area contributed by atoms with Crippen molar-refractivity contribution in [3.05, 3.63) is 22.7 Å². The summed E-state index contributed by atoms with van der Waals surface area (Å²) in [7, 11) is 0. The van der Waals surface area contributed by atoms with Gasteiger partial charge in [0.05, 0.1) is 10.6 Å². The second-order valence-corrected chi connectivity index (χ2v) is 4.41. The zero-order valence-corrected chi connectivity index (χ0v) is 8.88. The average molecular weight is 227 g/mol. The summed E-state index contributed by atoms with van der Waals surface area (Å²) in [5, 5.41) is 10.6. The lowest BCUT2D eigenvalue weighted by atomic mass is 10.1. The molecule has 1 aliphatic carbocycles. The van der Waals surface area contributed by atoms with Crippen LogP contribution >= 0.6 is 11.6 Å². The topological polar surface area (TPSA) is 38.7 Å². The Morgan fingerprint density at radius 1 is 1.13 bits per heavy atom. The quantitative estimate of drug-likeness (QED) is 0.797. The normalized spacial score (nSPS) is 21.2. The number of benzene rings is 1. The summed E-state index contributed by atoms with van der Waals surface area (Å²) in [5.74, 6) is 1.35. The highest BCUT2D eigenvalue weighted by Crippen LogP contribution is 2.50. The summed E-state index contributed by atoms with van der Waals surface area (Å²) in [6.45, 7) is 1.10. The molecule has 0 amide bonds. The molecule has 3 nitrogen and oxygen atoms in total. The molecule has 1 aromatic rings. The zero-order valence-electron chi connectivity index (χ0n) is 8.12. The smallest absolute Gasteiger partial charge is 0.162 e. The second-order valence-electron chi connectivity index (χ2n) is 4.01. The van der Waals surface area contributed by atoms with Crippen LogP contribution in [0.15, 0.2) is 12.1 Å². The van der Waals surface area contributed by atoms with Gasteiger partial charge in [-0.25, -0.2) is 0 Å². The number of hydrogen-bond donors (Lipinski definition) is 1. The third-order valence-corrected chi connectivity index (χ3v) is 3.17. The number of ether oxygens (including phenoxy) is 2. The van der Waals surface area contributed by atoms with Gasteiger partial charge in [0.15, 0.2) is 11.5 Å². The summed E-state index contributed by atoms with van der Waals surface area (Å²) in [6.07, 6.45) is 1.54. The van der Waals surface area contributed by atoms with Crippen molar-refractivity contribution in [1.29, 1.82) is 0 Å². The lowest BCUT2D eigenvalue weighted by Crippen LogP contribution is -2.16. The van der Waals surface area contributed by atoms with Crippen molar-refractivity contribution in [2.24, 2.45) is 0 Å². The molecule has 3 rings (SSSR count). The number of hydrogen-bond acceptors (Lipinski definition) is 3. The summed E-state index contributed by atoms with van der Waals surface area (Å²) >= 11 is 6.09. The first-order valence-corrected chi connectivity index (χ1v) is 5.39. The fraction of sp³-hybridized carbons (Fsp3) is 0.455. The molecule has 15 heavy (non-hydrogen) atoms. The number of aliphatic hydroxyl groups is 1. The minimum Gasteiger partial charge on any atom is -0.486 e. The first-order valence-electron chi connectivity index (χ1n) is 5.01. The van der Waals surface area contributed by atoms with Crippen LogP contribution in [0.3, 0.4) is 0 Å². The molecule has 0 unspecified atom stereocenters. The van der Waals surface area contributed by atoms with Crippen LogP contribution in [0.2, 0.25) is 5.02 Å². The Morgan fingerprint density at radius 3 is 2.33 bits per heavy atom. The predicted octanol–water partition coefficient (Wildman–Crippen LogP) is 2.09. The van der Waals surface area contributed by atoms with Crippen molar-refractivity contribution in [2.75, 3.05) is 13.2 Å².